The van der Waals surface area contributed by atoms with Gasteiger partial charge in [-0.2, -0.15) is 28.2 Å². The number of rotatable bonds is 4. The Hall–Kier alpha value is -3.19. The lowest BCUT2D eigenvalue weighted by atomic mass is 10.2. The summed E-state index contributed by atoms with van der Waals surface area (Å²) in [5, 5.41) is 23.4. The number of hydrogen-bond acceptors (Lipinski definition) is 5. The molecule has 7 nitrogen and oxygen atoms in total. The van der Waals surface area contributed by atoms with Gasteiger partial charge in [0.2, 0.25) is 0 Å². The number of nitriles is 1. The fourth-order valence-electron chi connectivity index (χ4n) is 1.88. The van der Waals surface area contributed by atoms with Crippen molar-refractivity contribution in [3.05, 3.63) is 58.0 Å². The molecule has 0 aliphatic rings. The molecule has 1 amide bonds. The molecule has 0 radical (unpaired) electrons. The number of aromatic nitrogens is 2. The molecular weight excluding hydrogens is 341 g/mol. The highest BCUT2D eigenvalue weighted by Gasteiger charge is 2.38. The number of nitrogens with zero attached hydrogens (tertiary/aromatic N) is 3. The fourth-order valence-corrected chi connectivity index (χ4v) is 1.88. The summed E-state index contributed by atoms with van der Waals surface area (Å²) in [7, 11) is 0. The van der Waals surface area contributed by atoms with Crippen molar-refractivity contribution < 1.29 is 23.1 Å². The molecule has 130 valence electrons. The van der Waals surface area contributed by atoms with Crippen LogP contribution in [0.3, 0.4) is 0 Å². The summed E-state index contributed by atoms with van der Waals surface area (Å²) in [5.41, 5.74) is -0.855. The number of benzene rings is 1. The minimum absolute atomic E-state index is 0.217. The number of carbonyl (C=O) groups is 1. The van der Waals surface area contributed by atoms with Gasteiger partial charge in [0.05, 0.1) is 23.9 Å². The number of halogens is 3. The van der Waals surface area contributed by atoms with Crippen LogP contribution in [0.25, 0.3) is 5.69 Å². The second-order valence-electron chi connectivity index (χ2n) is 4.89. The summed E-state index contributed by atoms with van der Waals surface area (Å²) in [6.07, 6.45) is -6.51. The van der Waals surface area contributed by atoms with Gasteiger partial charge in [-0.15, -0.1) is 0 Å². The normalized spacial score (nSPS) is 12.3. The SMILES string of the molecule is N#Cc1cccc(-n2nccc(C(=O)NC[C@@H](O)C(F)(F)F)c2=O)c1. The molecule has 0 aliphatic carbocycles. The van der Waals surface area contributed by atoms with Crippen molar-refractivity contribution in [2.75, 3.05) is 6.54 Å². The molecular formula is C15H11F3N4O3. The molecule has 0 spiro atoms. The quantitative estimate of drug-likeness (QED) is 0.844. The molecule has 1 aromatic carbocycles. The zero-order chi connectivity index (χ0) is 18.6. The van der Waals surface area contributed by atoms with Gasteiger partial charge in [0, 0.05) is 6.20 Å². The Balaban J connectivity index is 2.28. The van der Waals surface area contributed by atoms with Crippen molar-refractivity contribution in [1.29, 1.82) is 5.26 Å². The third-order valence-electron chi connectivity index (χ3n) is 3.14. The molecule has 1 aromatic heterocycles. The van der Waals surface area contributed by atoms with Gasteiger partial charge in [-0.05, 0) is 24.3 Å². The number of aliphatic hydroxyl groups excluding tert-OH is 1. The Labute approximate surface area is 138 Å². The number of nitrogens with one attached hydrogen (secondary N) is 1. The summed E-state index contributed by atoms with van der Waals surface area (Å²) in [5.74, 6) is -1.08. The lowest BCUT2D eigenvalue weighted by Gasteiger charge is -2.15. The first-order valence-electron chi connectivity index (χ1n) is 6.86. The van der Waals surface area contributed by atoms with Crippen molar-refractivity contribution in [2.45, 2.75) is 12.3 Å². The molecule has 0 saturated heterocycles. The van der Waals surface area contributed by atoms with E-state index in [1.54, 1.807) is 0 Å². The topological polar surface area (TPSA) is 108 Å². The number of hydrogen-bond donors (Lipinski definition) is 2. The average Bonchev–Trinajstić information content (AvgIpc) is 2.58. The van der Waals surface area contributed by atoms with Crippen molar-refractivity contribution in [1.82, 2.24) is 15.1 Å². The predicted molar refractivity (Wildman–Crippen MR) is 78.9 cm³/mol. The Kier molecular flexibility index (Phi) is 5.19. The molecule has 10 heteroatoms. The summed E-state index contributed by atoms with van der Waals surface area (Å²) in [6, 6.07) is 8.78. The van der Waals surface area contributed by atoms with Crippen LogP contribution in [0.15, 0.2) is 41.3 Å². The van der Waals surface area contributed by atoms with E-state index in [0.717, 1.165) is 16.9 Å². The standard InChI is InChI=1S/C15H11F3N4O3/c16-15(17,18)12(23)8-20-13(24)11-4-5-21-22(14(11)25)10-3-1-2-9(6-10)7-19/h1-6,12,23H,8H2,(H,20,24)/t12-/m1/s1. The van der Waals surface area contributed by atoms with Gasteiger partial charge in [0.1, 0.15) is 5.56 Å². The molecule has 0 unspecified atom stereocenters. The van der Waals surface area contributed by atoms with E-state index >= 15 is 0 Å². The smallest absolute Gasteiger partial charge is 0.382 e. The highest BCUT2D eigenvalue weighted by molar-refractivity contribution is 5.93. The summed E-state index contributed by atoms with van der Waals surface area (Å²) < 4.78 is 37.5. The van der Waals surface area contributed by atoms with Crippen LogP contribution in [0.4, 0.5) is 13.2 Å². The van der Waals surface area contributed by atoms with Crippen LogP contribution in [0.1, 0.15) is 15.9 Å². The maximum atomic E-state index is 12.3. The van der Waals surface area contributed by atoms with E-state index in [1.165, 1.54) is 24.3 Å². The summed E-state index contributed by atoms with van der Waals surface area (Å²) in [6.45, 7) is -1.09. The Morgan fingerprint density at radius 1 is 1.40 bits per heavy atom. The lowest BCUT2D eigenvalue weighted by Crippen LogP contribution is -2.42. The summed E-state index contributed by atoms with van der Waals surface area (Å²) >= 11 is 0. The van der Waals surface area contributed by atoms with E-state index in [-0.39, 0.29) is 11.3 Å². The summed E-state index contributed by atoms with van der Waals surface area (Å²) in [4.78, 5) is 24.2. The molecule has 0 saturated carbocycles. The number of amides is 1. The zero-order valence-electron chi connectivity index (χ0n) is 12.5. The van der Waals surface area contributed by atoms with Crippen LogP contribution in [-0.2, 0) is 0 Å². The van der Waals surface area contributed by atoms with Crippen molar-refractivity contribution in [3.8, 4) is 11.8 Å². The van der Waals surface area contributed by atoms with Crippen LogP contribution in [-0.4, -0.2) is 39.6 Å². The lowest BCUT2D eigenvalue weighted by molar-refractivity contribution is -0.201. The van der Waals surface area contributed by atoms with E-state index in [9.17, 15) is 22.8 Å². The van der Waals surface area contributed by atoms with E-state index in [0.29, 0.717) is 0 Å². The fraction of sp³-hybridized carbons (Fsp3) is 0.200. The third kappa shape index (κ3) is 4.21. The molecule has 1 heterocycles. The number of carbonyl (C=O) groups excluding carboxylic acids is 1. The van der Waals surface area contributed by atoms with Crippen molar-refractivity contribution in [3.63, 3.8) is 0 Å². The maximum absolute atomic E-state index is 12.3. The molecule has 2 aromatic rings. The maximum Gasteiger partial charge on any atom is 0.416 e. The molecule has 0 bridgehead atoms. The van der Waals surface area contributed by atoms with Gasteiger partial charge < -0.3 is 10.4 Å². The molecule has 0 fully saturated rings. The molecule has 1 atom stereocenters. The van der Waals surface area contributed by atoms with E-state index < -0.39 is 35.9 Å². The van der Waals surface area contributed by atoms with Crippen LogP contribution in [0.2, 0.25) is 0 Å². The van der Waals surface area contributed by atoms with Crippen LogP contribution >= 0.6 is 0 Å². The van der Waals surface area contributed by atoms with Gasteiger partial charge in [0.15, 0.2) is 6.10 Å². The Morgan fingerprint density at radius 2 is 2.12 bits per heavy atom. The average molecular weight is 352 g/mol. The largest absolute Gasteiger partial charge is 0.416 e. The molecule has 2 N–H and O–H groups in total. The first-order valence-corrected chi connectivity index (χ1v) is 6.86. The first kappa shape index (κ1) is 18.2. The zero-order valence-corrected chi connectivity index (χ0v) is 12.5. The molecule has 2 rings (SSSR count). The van der Waals surface area contributed by atoms with Gasteiger partial charge in [0.25, 0.3) is 11.5 Å². The van der Waals surface area contributed by atoms with E-state index in [1.807, 2.05) is 11.4 Å². The van der Waals surface area contributed by atoms with Crippen LogP contribution < -0.4 is 10.9 Å². The highest BCUT2D eigenvalue weighted by atomic mass is 19.4. The monoisotopic (exact) mass is 352 g/mol. The predicted octanol–water partition coefficient (Wildman–Crippen LogP) is 0.757. The Bertz CT molecular complexity index is 887. The van der Waals surface area contributed by atoms with Crippen LogP contribution in [0, 0.1) is 11.3 Å². The Morgan fingerprint density at radius 3 is 2.76 bits per heavy atom. The second kappa shape index (κ2) is 7.14. The van der Waals surface area contributed by atoms with Gasteiger partial charge in [-0.1, -0.05) is 6.07 Å². The number of alkyl halides is 3. The number of aliphatic hydroxyl groups is 1. The first-order chi connectivity index (χ1) is 11.7. The van der Waals surface area contributed by atoms with Gasteiger partial charge in [-0.3, -0.25) is 9.59 Å². The van der Waals surface area contributed by atoms with Crippen LogP contribution in [0.5, 0.6) is 0 Å². The highest BCUT2D eigenvalue weighted by Crippen LogP contribution is 2.19. The van der Waals surface area contributed by atoms with Crippen molar-refractivity contribution in [2.24, 2.45) is 0 Å². The third-order valence-corrected chi connectivity index (χ3v) is 3.14. The van der Waals surface area contributed by atoms with Crippen molar-refractivity contribution >= 4 is 5.91 Å². The van der Waals surface area contributed by atoms with Gasteiger partial charge >= 0.3 is 6.18 Å². The van der Waals surface area contributed by atoms with E-state index in [4.69, 9.17) is 10.4 Å². The molecule has 0 aliphatic heterocycles. The molecule has 25 heavy (non-hydrogen) atoms. The van der Waals surface area contributed by atoms with E-state index in [2.05, 4.69) is 5.10 Å². The second-order valence-corrected chi connectivity index (χ2v) is 4.89. The minimum Gasteiger partial charge on any atom is -0.382 e. The van der Waals surface area contributed by atoms with Gasteiger partial charge in [-0.25, -0.2) is 0 Å². The minimum atomic E-state index is -4.89.